The van der Waals surface area contributed by atoms with Gasteiger partial charge in [0.25, 0.3) is 11.8 Å². The van der Waals surface area contributed by atoms with E-state index in [1.807, 2.05) is 0 Å². The number of aromatic nitrogens is 1. The fourth-order valence-electron chi connectivity index (χ4n) is 2.92. The number of primary amides is 1. The smallest absolute Gasteiger partial charge is 0.493 e. The number of anilines is 1. The zero-order valence-electron chi connectivity index (χ0n) is 18.3. The first kappa shape index (κ1) is 27.0. The van der Waals surface area contributed by atoms with E-state index in [0.29, 0.717) is 0 Å². The van der Waals surface area contributed by atoms with Gasteiger partial charge in [-0.3, -0.25) is 14.6 Å². The number of hydrogen-bond donors (Lipinski definition) is 2. The summed E-state index contributed by atoms with van der Waals surface area (Å²) in [6.07, 6.45) is -9.12. The minimum absolute atomic E-state index is 0.0636. The lowest BCUT2D eigenvalue weighted by molar-refractivity contribution is -0.274. The Morgan fingerprint density at radius 1 is 0.946 bits per heavy atom. The Bertz CT molecular complexity index is 1340. The predicted octanol–water partition coefficient (Wildman–Crippen LogP) is 5.29. The average molecular weight is 533 g/mol. The van der Waals surface area contributed by atoms with E-state index in [1.54, 1.807) is 0 Å². The molecule has 0 radical (unpaired) electrons. The van der Waals surface area contributed by atoms with Gasteiger partial charge in [-0.2, -0.15) is 13.2 Å². The maximum absolute atomic E-state index is 14.3. The maximum Gasteiger partial charge on any atom is 0.573 e. The summed E-state index contributed by atoms with van der Waals surface area (Å²) >= 11 is 0. The first-order chi connectivity index (χ1) is 17.2. The van der Waals surface area contributed by atoms with Crippen LogP contribution in [0.15, 0.2) is 48.7 Å². The Morgan fingerprint density at radius 3 is 2.24 bits per heavy atom. The topological polar surface area (TPSA) is 113 Å². The lowest BCUT2D eigenvalue weighted by Gasteiger charge is -2.17. The van der Waals surface area contributed by atoms with Crippen molar-refractivity contribution in [2.24, 2.45) is 5.73 Å². The number of carbonyl (C=O) groups is 2. The Morgan fingerprint density at radius 2 is 1.65 bits per heavy atom. The average Bonchev–Trinajstić information content (AvgIpc) is 2.79. The van der Waals surface area contributed by atoms with Crippen LogP contribution in [0.4, 0.5) is 36.4 Å². The van der Waals surface area contributed by atoms with Crippen LogP contribution in [0.3, 0.4) is 0 Å². The molecule has 1 heterocycles. The fraction of sp³-hybridized carbons (Fsp3) is 0.136. The van der Waals surface area contributed by atoms with E-state index in [1.165, 1.54) is 6.07 Å². The van der Waals surface area contributed by atoms with Gasteiger partial charge in [0.1, 0.15) is 23.0 Å². The second-order valence-electron chi connectivity index (χ2n) is 7.04. The molecule has 196 valence electrons. The molecule has 0 spiro atoms. The van der Waals surface area contributed by atoms with Crippen LogP contribution in [0, 0.1) is 5.82 Å². The Labute approximate surface area is 202 Å². The molecule has 3 N–H and O–H groups in total. The number of nitrogens with one attached hydrogen (secondary N) is 1. The summed E-state index contributed by atoms with van der Waals surface area (Å²) in [5, 5.41) is 2.24. The number of benzene rings is 2. The van der Waals surface area contributed by atoms with Crippen molar-refractivity contribution >= 4 is 17.5 Å². The van der Waals surface area contributed by atoms with Crippen LogP contribution < -0.4 is 25.3 Å². The molecule has 0 saturated heterocycles. The first-order valence-corrected chi connectivity index (χ1v) is 9.77. The van der Waals surface area contributed by atoms with Gasteiger partial charge >= 0.3 is 12.5 Å². The molecule has 37 heavy (non-hydrogen) atoms. The van der Waals surface area contributed by atoms with Crippen LogP contribution in [0.5, 0.6) is 23.0 Å². The quantitative estimate of drug-likeness (QED) is 0.399. The van der Waals surface area contributed by atoms with E-state index in [9.17, 15) is 40.3 Å². The number of hydrogen-bond acceptors (Lipinski definition) is 6. The molecule has 0 aliphatic heterocycles. The van der Waals surface area contributed by atoms with Crippen molar-refractivity contribution in [3.8, 4) is 23.0 Å². The van der Waals surface area contributed by atoms with E-state index >= 15 is 0 Å². The van der Waals surface area contributed by atoms with Gasteiger partial charge in [-0.1, -0.05) is 0 Å². The van der Waals surface area contributed by atoms with Crippen molar-refractivity contribution in [2.45, 2.75) is 12.5 Å². The van der Waals surface area contributed by atoms with Gasteiger partial charge in [-0.25, -0.2) is 4.39 Å². The van der Waals surface area contributed by atoms with Crippen molar-refractivity contribution in [3.05, 3.63) is 71.3 Å². The molecular weight excluding hydrogens is 519 g/mol. The van der Waals surface area contributed by atoms with Crippen molar-refractivity contribution in [3.63, 3.8) is 0 Å². The third kappa shape index (κ3) is 6.77. The number of ether oxygens (including phenoxy) is 3. The first-order valence-electron chi connectivity index (χ1n) is 9.77. The van der Waals surface area contributed by atoms with Gasteiger partial charge in [0.05, 0.1) is 18.2 Å². The highest BCUT2D eigenvalue weighted by molar-refractivity contribution is 6.06. The normalized spacial score (nSPS) is 11.6. The van der Waals surface area contributed by atoms with Crippen LogP contribution in [0.25, 0.3) is 0 Å². The van der Waals surface area contributed by atoms with Crippen LogP contribution >= 0.6 is 0 Å². The zero-order valence-corrected chi connectivity index (χ0v) is 18.3. The highest BCUT2D eigenvalue weighted by Gasteiger charge is 2.36. The number of nitrogens with zero attached hydrogens (tertiary/aromatic N) is 1. The van der Waals surface area contributed by atoms with E-state index in [2.05, 4.69) is 15.0 Å². The minimum Gasteiger partial charge on any atom is -0.493 e. The van der Waals surface area contributed by atoms with Gasteiger partial charge in [0.15, 0.2) is 11.5 Å². The van der Waals surface area contributed by atoms with E-state index in [-0.39, 0.29) is 23.5 Å². The third-order valence-electron chi connectivity index (χ3n) is 4.48. The van der Waals surface area contributed by atoms with Crippen molar-refractivity contribution in [2.75, 3.05) is 12.4 Å². The Kier molecular flexibility index (Phi) is 7.45. The number of nitrogens with two attached hydrogens (primary N) is 1. The lowest BCUT2D eigenvalue weighted by atomic mass is 10.1. The second kappa shape index (κ2) is 10.2. The molecule has 8 nitrogen and oxygen atoms in total. The molecule has 0 aliphatic rings. The highest BCUT2D eigenvalue weighted by Crippen LogP contribution is 2.40. The number of carbonyl (C=O) groups excluding carboxylic acids is 2. The maximum atomic E-state index is 14.3. The summed E-state index contributed by atoms with van der Waals surface area (Å²) in [6.45, 7) is 0. The minimum atomic E-state index is -5.19. The largest absolute Gasteiger partial charge is 0.573 e. The van der Waals surface area contributed by atoms with Gasteiger partial charge in [-0.05, 0) is 36.4 Å². The van der Waals surface area contributed by atoms with Crippen LogP contribution in [-0.4, -0.2) is 30.3 Å². The summed E-state index contributed by atoms with van der Waals surface area (Å²) < 4.78 is 106. The lowest BCUT2D eigenvalue weighted by Crippen LogP contribution is -2.18. The molecule has 0 atom stereocenters. The van der Waals surface area contributed by atoms with Crippen LogP contribution in [0.1, 0.15) is 26.4 Å². The molecule has 3 aromatic rings. The summed E-state index contributed by atoms with van der Waals surface area (Å²) in [5.74, 6) is -6.30. The monoisotopic (exact) mass is 533 g/mol. The molecule has 0 saturated carbocycles. The number of alkyl halides is 6. The Hall–Kier alpha value is -4.56. The van der Waals surface area contributed by atoms with Gasteiger partial charge in [0, 0.05) is 18.0 Å². The second-order valence-corrected chi connectivity index (χ2v) is 7.04. The summed E-state index contributed by atoms with van der Waals surface area (Å²) in [6, 6.07) is 5.13. The highest BCUT2D eigenvalue weighted by atomic mass is 19.4. The third-order valence-corrected chi connectivity index (χ3v) is 4.48. The standard InChI is InChI=1S/C22H14F7N3O5/c1-35-18-7-11(37-22(27,28)29)2-3-16(18)36-17-9-13(21(24,25)26)14(23)8-12(17)20(34)32-10-4-5-31-15(6-10)19(30)33/h2-9H,1H3,(H2,30,33)(H,31,32,34). The fourth-order valence-corrected chi connectivity index (χ4v) is 2.92. The molecule has 15 heteroatoms. The molecule has 0 unspecified atom stereocenters. The number of pyridine rings is 1. The Balaban J connectivity index is 2.04. The van der Waals surface area contributed by atoms with Crippen LogP contribution in [0.2, 0.25) is 0 Å². The molecule has 3 rings (SSSR count). The van der Waals surface area contributed by atoms with Gasteiger partial charge in [-0.15, -0.1) is 13.2 Å². The van der Waals surface area contributed by atoms with Crippen molar-refractivity contribution < 1.29 is 54.5 Å². The van der Waals surface area contributed by atoms with Crippen molar-refractivity contribution in [1.29, 1.82) is 0 Å². The zero-order chi connectivity index (χ0) is 27.5. The van der Waals surface area contributed by atoms with Crippen LogP contribution in [-0.2, 0) is 6.18 Å². The SMILES string of the molecule is COc1cc(OC(F)(F)F)ccc1Oc1cc(C(F)(F)F)c(F)cc1C(=O)Nc1ccnc(C(N)=O)c1. The molecule has 0 bridgehead atoms. The van der Waals surface area contributed by atoms with E-state index < -0.39 is 64.3 Å². The molecule has 1 aromatic heterocycles. The van der Waals surface area contributed by atoms with Crippen molar-refractivity contribution in [1.82, 2.24) is 4.98 Å². The molecule has 2 aromatic carbocycles. The summed E-state index contributed by atoms with van der Waals surface area (Å²) in [7, 11) is 1.03. The summed E-state index contributed by atoms with van der Waals surface area (Å²) in [5.41, 5.74) is 2.28. The number of methoxy groups -OCH3 is 1. The molecule has 0 aliphatic carbocycles. The predicted molar refractivity (Wildman–Crippen MR) is 112 cm³/mol. The molecular formula is C22H14F7N3O5. The number of rotatable bonds is 7. The molecule has 2 amide bonds. The van der Waals surface area contributed by atoms with E-state index in [4.69, 9.17) is 15.2 Å². The van der Waals surface area contributed by atoms with Gasteiger partial charge < -0.3 is 25.3 Å². The number of amides is 2. The summed E-state index contributed by atoms with van der Waals surface area (Å²) in [4.78, 5) is 27.8. The van der Waals surface area contributed by atoms with Gasteiger partial charge in [0.2, 0.25) is 0 Å². The number of halogens is 7. The molecule has 0 fully saturated rings. The van der Waals surface area contributed by atoms with E-state index in [0.717, 1.165) is 37.6 Å².